The predicted octanol–water partition coefficient (Wildman–Crippen LogP) is 6.88. The van der Waals surface area contributed by atoms with Gasteiger partial charge in [0.1, 0.15) is 5.84 Å². The molecule has 142 valence electrons. The van der Waals surface area contributed by atoms with Crippen molar-refractivity contribution in [1.82, 2.24) is 0 Å². The summed E-state index contributed by atoms with van der Waals surface area (Å²) in [6, 6.07) is 41.4. The molecule has 0 bridgehead atoms. The lowest BCUT2D eigenvalue weighted by Gasteiger charge is -2.11. The number of benzene rings is 4. The van der Waals surface area contributed by atoms with Gasteiger partial charge in [-0.15, -0.1) is 0 Å². The Labute approximate surface area is 174 Å². The van der Waals surface area contributed by atoms with Gasteiger partial charge in [-0.2, -0.15) is 0 Å². The number of hydrogen-bond donors (Lipinski definition) is 0. The first-order chi connectivity index (χ1) is 14.4. The third-order valence-corrected chi connectivity index (χ3v) is 6.18. The van der Waals surface area contributed by atoms with Crippen LogP contribution in [0.2, 0.25) is 0 Å². The fraction of sp³-hybridized carbons (Fsp3) is 0.0385. The third-order valence-electron chi connectivity index (χ3n) is 4.35. The van der Waals surface area contributed by atoms with Crippen molar-refractivity contribution in [3.05, 3.63) is 127 Å². The van der Waals surface area contributed by atoms with Crippen LogP contribution in [0.4, 0.5) is 5.69 Å². The molecule has 0 spiro atoms. The van der Waals surface area contributed by atoms with Crippen LogP contribution in [0, 0.1) is 0 Å². The quantitative estimate of drug-likeness (QED) is 0.260. The highest BCUT2D eigenvalue weighted by Crippen LogP contribution is 2.21. The Morgan fingerprint density at radius 1 is 0.552 bits per heavy atom. The van der Waals surface area contributed by atoms with Gasteiger partial charge in [0.15, 0.2) is 0 Å². The van der Waals surface area contributed by atoms with Crippen molar-refractivity contribution in [2.45, 2.75) is 16.2 Å². The Balaban J connectivity index is 1.82. The third kappa shape index (κ3) is 5.37. The lowest BCUT2D eigenvalue weighted by Crippen LogP contribution is -2.04. The van der Waals surface area contributed by atoms with Gasteiger partial charge in [0.25, 0.3) is 0 Å². The lowest BCUT2D eigenvalue weighted by molar-refractivity contribution is 1.27. The van der Waals surface area contributed by atoms with Gasteiger partial charge in [-0.25, -0.2) is 9.36 Å². The predicted molar refractivity (Wildman–Crippen MR) is 123 cm³/mol. The maximum atomic E-state index is 5.18. The molecule has 0 amide bonds. The van der Waals surface area contributed by atoms with Gasteiger partial charge in [-0.05, 0) is 52.7 Å². The maximum Gasteiger partial charge on any atom is 0.141 e. The molecule has 2 nitrogen and oxygen atoms in total. The highest BCUT2D eigenvalue weighted by atomic mass is 32.2. The Morgan fingerprint density at radius 2 is 1.00 bits per heavy atom. The number of hydrogen-bond acceptors (Lipinski definition) is 1. The van der Waals surface area contributed by atoms with Crippen molar-refractivity contribution < 1.29 is 0 Å². The van der Waals surface area contributed by atoms with Crippen LogP contribution in [0.1, 0.15) is 5.56 Å². The summed E-state index contributed by atoms with van der Waals surface area (Å²) in [6.07, 6.45) is 0.693. The van der Waals surface area contributed by atoms with Gasteiger partial charge in [-0.3, -0.25) is 0 Å². The van der Waals surface area contributed by atoms with Crippen LogP contribution in [0.3, 0.4) is 0 Å². The first-order valence-corrected chi connectivity index (χ1v) is 10.8. The number of amidine groups is 1. The molecule has 0 aromatic heterocycles. The molecule has 0 aliphatic heterocycles. The average Bonchev–Trinajstić information content (AvgIpc) is 2.80. The van der Waals surface area contributed by atoms with Crippen LogP contribution in [0.5, 0.6) is 0 Å². The Bertz CT molecular complexity index is 1050. The van der Waals surface area contributed by atoms with Gasteiger partial charge in [-0.1, -0.05) is 84.9 Å². The van der Waals surface area contributed by atoms with E-state index in [-0.39, 0.29) is 0 Å². The number of rotatable bonds is 5. The summed E-state index contributed by atoms with van der Waals surface area (Å²) in [5, 5.41) is 0. The summed E-state index contributed by atoms with van der Waals surface area (Å²) < 4.78 is 5.18. The van der Waals surface area contributed by atoms with Crippen LogP contribution in [-0.4, -0.2) is 5.84 Å². The van der Waals surface area contributed by atoms with E-state index in [1.807, 2.05) is 48.5 Å². The fourth-order valence-electron chi connectivity index (χ4n) is 2.97. The molecule has 0 radical (unpaired) electrons. The Hall–Kier alpha value is -3.30. The Morgan fingerprint density at radius 3 is 1.52 bits per heavy atom. The molecule has 0 saturated heterocycles. The SMILES string of the molecule is c1ccc(CC(=Nc2ccccc2)N=S(c2ccccc2)c2ccccc2)cc1. The van der Waals surface area contributed by atoms with Crippen molar-refractivity contribution in [2.24, 2.45) is 9.36 Å². The molecule has 0 saturated carbocycles. The van der Waals surface area contributed by atoms with Crippen molar-refractivity contribution in [1.29, 1.82) is 0 Å². The van der Waals surface area contributed by atoms with E-state index in [9.17, 15) is 0 Å². The molecule has 3 heteroatoms. The smallest absolute Gasteiger partial charge is 0.141 e. The molecule has 4 rings (SSSR count). The monoisotopic (exact) mass is 394 g/mol. The fourth-order valence-corrected chi connectivity index (χ4v) is 4.60. The van der Waals surface area contributed by atoms with Crippen LogP contribution >= 0.6 is 0 Å². The standard InChI is InChI=1S/C26H22N2S/c1-5-13-22(14-6-1)21-26(27-23-15-7-2-8-16-23)28-29(24-17-9-3-10-18-24)25-19-11-4-12-20-25/h1-20H,21H2. The van der Waals surface area contributed by atoms with Gasteiger partial charge < -0.3 is 0 Å². The van der Waals surface area contributed by atoms with Crippen molar-refractivity contribution in [3.63, 3.8) is 0 Å². The minimum atomic E-state index is -0.434. The normalized spacial score (nSPS) is 11.4. The second-order valence-corrected chi connectivity index (χ2v) is 8.22. The zero-order chi connectivity index (χ0) is 19.7. The lowest BCUT2D eigenvalue weighted by atomic mass is 10.1. The first kappa shape index (κ1) is 19.0. The molecule has 0 atom stereocenters. The molecular formula is C26H22N2S. The van der Waals surface area contributed by atoms with Crippen molar-refractivity contribution in [3.8, 4) is 0 Å². The molecule has 0 N–H and O–H groups in total. The number of aliphatic imine (C=N–C) groups is 1. The van der Waals surface area contributed by atoms with E-state index < -0.39 is 10.7 Å². The molecular weight excluding hydrogens is 372 g/mol. The van der Waals surface area contributed by atoms with Crippen LogP contribution in [0.25, 0.3) is 0 Å². The Kier molecular flexibility index (Phi) is 6.41. The van der Waals surface area contributed by atoms with E-state index in [2.05, 4.69) is 72.8 Å². The van der Waals surface area contributed by atoms with Crippen LogP contribution in [-0.2, 0) is 17.1 Å². The van der Waals surface area contributed by atoms with E-state index >= 15 is 0 Å². The molecule has 0 aliphatic carbocycles. The molecule has 0 fully saturated rings. The minimum Gasteiger partial charge on any atom is -0.233 e. The van der Waals surface area contributed by atoms with Crippen molar-refractivity contribution >= 4 is 22.2 Å². The summed E-state index contributed by atoms with van der Waals surface area (Å²) in [7, 11) is -0.434. The van der Waals surface area contributed by atoms with E-state index in [0.29, 0.717) is 6.42 Å². The van der Waals surface area contributed by atoms with Gasteiger partial charge >= 0.3 is 0 Å². The van der Waals surface area contributed by atoms with E-state index in [0.717, 1.165) is 11.5 Å². The minimum absolute atomic E-state index is 0.434. The highest BCUT2D eigenvalue weighted by Gasteiger charge is 2.08. The average molecular weight is 395 g/mol. The summed E-state index contributed by atoms with van der Waals surface area (Å²) in [6.45, 7) is 0. The van der Waals surface area contributed by atoms with E-state index in [1.165, 1.54) is 15.4 Å². The maximum absolute atomic E-state index is 5.18. The largest absolute Gasteiger partial charge is 0.233 e. The van der Waals surface area contributed by atoms with E-state index in [4.69, 9.17) is 9.36 Å². The topological polar surface area (TPSA) is 24.7 Å². The first-order valence-electron chi connectivity index (χ1n) is 9.61. The summed E-state index contributed by atoms with van der Waals surface area (Å²) in [4.78, 5) is 7.28. The molecule has 0 heterocycles. The zero-order valence-electron chi connectivity index (χ0n) is 16.1. The molecule has 4 aromatic rings. The summed E-state index contributed by atoms with van der Waals surface area (Å²) in [5.41, 5.74) is 2.13. The van der Waals surface area contributed by atoms with E-state index in [1.54, 1.807) is 0 Å². The van der Waals surface area contributed by atoms with Gasteiger partial charge in [0.05, 0.1) is 5.69 Å². The van der Waals surface area contributed by atoms with Crippen LogP contribution < -0.4 is 0 Å². The summed E-state index contributed by atoms with van der Waals surface area (Å²) in [5.74, 6) is 0.832. The molecule has 0 unspecified atom stereocenters. The summed E-state index contributed by atoms with van der Waals surface area (Å²) >= 11 is 0. The second-order valence-electron chi connectivity index (χ2n) is 6.53. The zero-order valence-corrected chi connectivity index (χ0v) is 16.9. The molecule has 4 aromatic carbocycles. The van der Waals surface area contributed by atoms with Crippen LogP contribution in [0.15, 0.2) is 140 Å². The highest BCUT2D eigenvalue weighted by molar-refractivity contribution is 7.87. The number of nitrogens with zero attached hydrogens (tertiary/aromatic N) is 2. The molecule has 0 aliphatic rings. The van der Waals surface area contributed by atoms with Gasteiger partial charge in [0, 0.05) is 16.2 Å². The number of para-hydroxylation sites is 1. The second kappa shape index (κ2) is 9.76. The molecule has 29 heavy (non-hydrogen) atoms. The van der Waals surface area contributed by atoms with Gasteiger partial charge in [0.2, 0.25) is 0 Å². The van der Waals surface area contributed by atoms with Crippen molar-refractivity contribution in [2.75, 3.05) is 0 Å².